The summed E-state index contributed by atoms with van der Waals surface area (Å²) in [6.45, 7) is 0. The van der Waals surface area contributed by atoms with Crippen LogP contribution in [0.25, 0.3) is 0 Å². The number of hydrogen-bond acceptors (Lipinski definition) is 0. The molecule has 8 heteroatoms. The molecule has 0 aromatic heterocycles. The summed E-state index contributed by atoms with van der Waals surface area (Å²) >= 11 is 0. The number of halogens is 7. The molecule has 0 fully saturated rings. The molecular formula is H7ClF6Zr. The quantitative estimate of drug-likeness (QED) is 0.567. The zero-order chi connectivity index (χ0) is 0. The smallest absolute Gasteiger partial charge is 0 e. The predicted molar refractivity (Wildman–Crippen MR) is 22.3 cm³/mol. The van der Waals surface area contributed by atoms with Gasteiger partial charge in [0.25, 0.3) is 0 Å². The first-order valence-corrected chi connectivity index (χ1v) is 0. The van der Waals surface area contributed by atoms with Crippen LogP contribution in [0.3, 0.4) is 0 Å². The monoisotopic (exact) mass is 246 g/mol. The van der Waals surface area contributed by atoms with Crippen LogP contribution in [0.1, 0.15) is 0 Å². The van der Waals surface area contributed by atoms with Crippen LogP contribution < -0.4 is 0 Å². The molecule has 60 valence electrons. The summed E-state index contributed by atoms with van der Waals surface area (Å²) in [6.07, 6.45) is 0. The average molecular weight is 248 g/mol. The molecule has 0 rings (SSSR count). The van der Waals surface area contributed by atoms with Gasteiger partial charge in [0, 0.05) is 26.2 Å². The molecule has 0 aromatic carbocycles. The van der Waals surface area contributed by atoms with Crippen molar-refractivity contribution in [2.75, 3.05) is 0 Å². The van der Waals surface area contributed by atoms with Crippen molar-refractivity contribution in [2.24, 2.45) is 0 Å². The van der Waals surface area contributed by atoms with E-state index in [2.05, 4.69) is 0 Å². The summed E-state index contributed by atoms with van der Waals surface area (Å²) in [5.41, 5.74) is 0. The van der Waals surface area contributed by atoms with Crippen molar-refractivity contribution in [3.05, 3.63) is 0 Å². The Morgan fingerprint density at radius 3 is 0.375 bits per heavy atom. The van der Waals surface area contributed by atoms with Crippen LogP contribution in [0.5, 0.6) is 0 Å². The Hall–Kier alpha value is 0.753. The first-order valence-electron chi connectivity index (χ1n) is 0. The zero-order valence-electron chi connectivity index (χ0n) is 3.36. The van der Waals surface area contributed by atoms with Crippen molar-refractivity contribution in [2.45, 2.75) is 0 Å². The Morgan fingerprint density at radius 2 is 0.375 bits per heavy atom. The summed E-state index contributed by atoms with van der Waals surface area (Å²) in [4.78, 5) is 0. The van der Waals surface area contributed by atoms with Gasteiger partial charge in [-0.3, -0.25) is 28.2 Å². The first-order chi connectivity index (χ1) is 0. The summed E-state index contributed by atoms with van der Waals surface area (Å²) in [6, 6.07) is 0. The average Bonchev–Trinajstić information content (AvgIpc) is 0. The van der Waals surface area contributed by atoms with Crippen LogP contribution in [-0.2, 0) is 26.2 Å². The minimum Gasteiger partial charge on any atom is -0.269 e. The normalized spacial score (nSPS) is 0. The van der Waals surface area contributed by atoms with Gasteiger partial charge in [0.2, 0.25) is 0 Å². The van der Waals surface area contributed by atoms with E-state index < -0.39 is 0 Å². The maximum atomic E-state index is 0. The largest absolute Gasteiger partial charge is 0.269 e. The molecule has 0 saturated carbocycles. The van der Waals surface area contributed by atoms with E-state index >= 15 is 0 Å². The van der Waals surface area contributed by atoms with E-state index in [9.17, 15) is 0 Å². The Balaban J connectivity index is 0. The third-order valence-electron chi connectivity index (χ3n) is 0. The zero-order valence-corrected chi connectivity index (χ0v) is 6.63. The van der Waals surface area contributed by atoms with Crippen LogP contribution in [-0.4, -0.2) is 0 Å². The standard InChI is InChI=1S/ClH.6FH.Zr/h7*1H;. The van der Waals surface area contributed by atoms with Gasteiger partial charge < -0.3 is 0 Å². The van der Waals surface area contributed by atoms with Crippen LogP contribution in [0.15, 0.2) is 0 Å². The molecular weight excluding hydrogens is 241 g/mol. The van der Waals surface area contributed by atoms with Crippen LogP contribution in [0.4, 0.5) is 28.2 Å². The van der Waals surface area contributed by atoms with E-state index in [1.165, 1.54) is 0 Å². The first kappa shape index (κ1) is 928. The fourth-order valence-electron chi connectivity index (χ4n) is 0. The molecule has 0 radical (unpaired) electrons. The van der Waals surface area contributed by atoms with Crippen molar-refractivity contribution in [3.8, 4) is 0 Å². The molecule has 0 aromatic rings. The molecule has 0 N–H and O–H groups in total. The second-order valence-electron chi connectivity index (χ2n) is 0. The molecule has 0 aliphatic carbocycles. The number of rotatable bonds is 0. The molecule has 0 atom stereocenters. The Kier molecular flexibility index (Phi) is 72300. The van der Waals surface area contributed by atoms with E-state index in [0.717, 1.165) is 0 Å². The minimum atomic E-state index is 0. The second-order valence-corrected chi connectivity index (χ2v) is 0. The van der Waals surface area contributed by atoms with E-state index in [1.807, 2.05) is 0 Å². The maximum absolute atomic E-state index is 0. The van der Waals surface area contributed by atoms with Gasteiger partial charge in [-0.2, -0.15) is 0 Å². The summed E-state index contributed by atoms with van der Waals surface area (Å²) in [5.74, 6) is 0. The van der Waals surface area contributed by atoms with E-state index in [0.29, 0.717) is 0 Å². The van der Waals surface area contributed by atoms with Crippen molar-refractivity contribution >= 4 is 12.4 Å². The van der Waals surface area contributed by atoms with Gasteiger partial charge in [-0.15, -0.1) is 12.4 Å². The predicted octanol–water partition coefficient (Wildman–Crippen LogP) is 1.33. The molecule has 0 amide bonds. The SMILES string of the molecule is Cl.F.F.F.F.F.F.[Zr]. The van der Waals surface area contributed by atoms with Crippen LogP contribution in [0, 0.1) is 0 Å². The second kappa shape index (κ2) is 623. The third-order valence-corrected chi connectivity index (χ3v) is 0. The maximum Gasteiger partial charge on any atom is 0 e. The van der Waals surface area contributed by atoms with Crippen molar-refractivity contribution in [3.63, 3.8) is 0 Å². The van der Waals surface area contributed by atoms with E-state index in [1.54, 1.807) is 0 Å². The number of hydrogen-bond donors (Lipinski definition) is 0. The van der Waals surface area contributed by atoms with Crippen LogP contribution >= 0.6 is 12.4 Å². The fourth-order valence-corrected chi connectivity index (χ4v) is 0. The van der Waals surface area contributed by atoms with Gasteiger partial charge in [-0.1, -0.05) is 0 Å². The molecule has 0 nitrogen and oxygen atoms in total. The van der Waals surface area contributed by atoms with E-state index in [-0.39, 0.29) is 66.8 Å². The molecule has 0 saturated heterocycles. The third kappa shape index (κ3) is 394. The minimum absolute atomic E-state index is 0. The summed E-state index contributed by atoms with van der Waals surface area (Å²) in [7, 11) is 0. The van der Waals surface area contributed by atoms with Gasteiger partial charge >= 0.3 is 0 Å². The van der Waals surface area contributed by atoms with Crippen molar-refractivity contribution < 1.29 is 54.4 Å². The van der Waals surface area contributed by atoms with Gasteiger partial charge in [0.1, 0.15) is 0 Å². The Morgan fingerprint density at radius 1 is 0.375 bits per heavy atom. The Bertz CT molecular complexity index is 8.49. The van der Waals surface area contributed by atoms with Crippen LogP contribution in [0.2, 0.25) is 0 Å². The van der Waals surface area contributed by atoms with Gasteiger partial charge in [0.05, 0.1) is 0 Å². The Labute approximate surface area is 67.1 Å². The van der Waals surface area contributed by atoms with Crippen molar-refractivity contribution in [1.29, 1.82) is 0 Å². The van der Waals surface area contributed by atoms with Gasteiger partial charge in [-0.05, 0) is 0 Å². The molecule has 0 bridgehead atoms. The molecule has 0 spiro atoms. The summed E-state index contributed by atoms with van der Waals surface area (Å²) < 4.78 is 0. The summed E-state index contributed by atoms with van der Waals surface area (Å²) in [5, 5.41) is 0. The molecule has 0 heterocycles. The topological polar surface area (TPSA) is 0 Å². The fraction of sp³-hybridized carbons (Fsp3) is 0. The van der Waals surface area contributed by atoms with Gasteiger partial charge in [-0.25, -0.2) is 0 Å². The van der Waals surface area contributed by atoms with Crippen molar-refractivity contribution in [1.82, 2.24) is 0 Å². The molecule has 0 aliphatic heterocycles. The molecule has 0 unspecified atom stereocenters. The van der Waals surface area contributed by atoms with Gasteiger partial charge in [0.15, 0.2) is 0 Å². The van der Waals surface area contributed by atoms with E-state index in [4.69, 9.17) is 0 Å². The molecule has 0 aliphatic rings. The molecule has 8 heavy (non-hydrogen) atoms.